The normalized spacial score (nSPS) is 18.0. The summed E-state index contributed by atoms with van der Waals surface area (Å²) in [6.45, 7) is 0.576. The number of nitrogens with one attached hydrogen (secondary N) is 1. The van der Waals surface area contributed by atoms with Crippen molar-refractivity contribution < 1.29 is 4.79 Å². The Bertz CT molecular complexity index is 429. The maximum absolute atomic E-state index is 12.1. The third-order valence-electron chi connectivity index (χ3n) is 3.77. The fraction of sp³-hybridized carbons (Fsp3) is 0.615. The van der Waals surface area contributed by atoms with Crippen molar-refractivity contribution in [3.8, 4) is 0 Å². The monoisotopic (exact) mass is 326 g/mol. The Labute approximate surface area is 121 Å². The predicted octanol–water partition coefficient (Wildman–Crippen LogP) is 2.48. The maximum Gasteiger partial charge on any atom is 0.226 e. The van der Waals surface area contributed by atoms with Crippen LogP contribution in [0, 0.1) is 5.41 Å². The minimum Gasteiger partial charge on any atom is -0.330 e. The average Bonchev–Trinajstić information content (AvgIpc) is 2.42. The van der Waals surface area contributed by atoms with Gasteiger partial charge in [0.05, 0.1) is 12.4 Å². The third-order valence-corrected chi connectivity index (χ3v) is 4.18. The second-order valence-corrected chi connectivity index (χ2v) is 6.03. The SMILES string of the molecule is NCC1(CC(=O)Nc2cnc(Br)cn2)CCCCC1. The van der Waals surface area contributed by atoms with Crippen molar-refractivity contribution in [3.05, 3.63) is 17.0 Å². The summed E-state index contributed by atoms with van der Waals surface area (Å²) < 4.78 is 0.649. The fourth-order valence-electron chi connectivity index (χ4n) is 2.66. The van der Waals surface area contributed by atoms with Crippen LogP contribution in [-0.2, 0) is 4.79 Å². The molecule has 1 saturated carbocycles. The van der Waals surface area contributed by atoms with E-state index in [0.29, 0.717) is 23.4 Å². The maximum atomic E-state index is 12.1. The summed E-state index contributed by atoms with van der Waals surface area (Å²) in [5.74, 6) is 0.458. The molecule has 3 N–H and O–H groups in total. The summed E-state index contributed by atoms with van der Waals surface area (Å²) in [5.41, 5.74) is 5.86. The van der Waals surface area contributed by atoms with Gasteiger partial charge < -0.3 is 11.1 Å². The van der Waals surface area contributed by atoms with Gasteiger partial charge in [-0.1, -0.05) is 19.3 Å². The lowest BCUT2D eigenvalue weighted by Crippen LogP contribution is -2.36. The van der Waals surface area contributed by atoms with Gasteiger partial charge in [-0.05, 0) is 40.7 Å². The third kappa shape index (κ3) is 3.98. The van der Waals surface area contributed by atoms with Gasteiger partial charge in [-0.3, -0.25) is 4.79 Å². The Morgan fingerprint density at radius 2 is 2.05 bits per heavy atom. The van der Waals surface area contributed by atoms with Gasteiger partial charge >= 0.3 is 0 Å². The molecule has 104 valence electrons. The molecule has 1 aliphatic carbocycles. The van der Waals surface area contributed by atoms with E-state index in [-0.39, 0.29) is 11.3 Å². The lowest BCUT2D eigenvalue weighted by atomic mass is 9.71. The number of anilines is 1. The van der Waals surface area contributed by atoms with Gasteiger partial charge in [-0.15, -0.1) is 0 Å². The average molecular weight is 327 g/mol. The minimum absolute atomic E-state index is 0.0227. The first-order chi connectivity index (χ1) is 9.13. The number of carbonyl (C=O) groups is 1. The standard InChI is InChI=1S/C13H19BrN4O/c14-10-7-17-11(8-16-10)18-12(19)6-13(9-15)4-2-1-3-5-13/h7-8H,1-6,9,15H2,(H,17,18,19). The number of halogens is 1. The van der Waals surface area contributed by atoms with E-state index in [1.807, 2.05) is 0 Å². The summed E-state index contributed by atoms with van der Waals surface area (Å²) in [7, 11) is 0. The molecular weight excluding hydrogens is 308 g/mol. The molecule has 1 aromatic heterocycles. The van der Waals surface area contributed by atoms with Crippen molar-refractivity contribution in [2.45, 2.75) is 38.5 Å². The largest absolute Gasteiger partial charge is 0.330 e. The van der Waals surface area contributed by atoms with Crippen LogP contribution in [0.25, 0.3) is 0 Å². The topological polar surface area (TPSA) is 80.9 Å². The highest BCUT2D eigenvalue weighted by molar-refractivity contribution is 9.10. The van der Waals surface area contributed by atoms with Crippen LogP contribution < -0.4 is 11.1 Å². The zero-order chi connectivity index (χ0) is 13.7. The van der Waals surface area contributed by atoms with Crippen molar-refractivity contribution in [1.82, 2.24) is 9.97 Å². The molecule has 0 aliphatic heterocycles. The highest BCUT2D eigenvalue weighted by Crippen LogP contribution is 2.38. The lowest BCUT2D eigenvalue weighted by molar-refractivity contribution is -0.118. The number of rotatable bonds is 4. The van der Waals surface area contributed by atoms with Gasteiger partial charge in [0.25, 0.3) is 0 Å². The van der Waals surface area contributed by atoms with Gasteiger partial charge in [0.1, 0.15) is 4.60 Å². The molecule has 6 heteroatoms. The summed E-state index contributed by atoms with van der Waals surface area (Å²) in [4.78, 5) is 20.2. The van der Waals surface area contributed by atoms with E-state index in [0.717, 1.165) is 12.8 Å². The first kappa shape index (κ1) is 14.4. The van der Waals surface area contributed by atoms with Gasteiger partial charge in [0, 0.05) is 6.42 Å². The van der Waals surface area contributed by atoms with Crippen LogP contribution in [0.1, 0.15) is 38.5 Å². The zero-order valence-electron chi connectivity index (χ0n) is 10.9. The lowest BCUT2D eigenvalue weighted by Gasteiger charge is -2.35. The highest BCUT2D eigenvalue weighted by atomic mass is 79.9. The molecule has 0 bridgehead atoms. The summed E-state index contributed by atoms with van der Waals surface area (Å²) in [6.07, 6.45) is 9.26. The van der Waals surface area contributed by atoms with Crippen molar-refractivity contribution in [1.29, 1.82) is 0 Å². The molecule has 1 heterocycles. The molecule has 19 heavy (non-hydrogen) atoms. The number of aromatic nitrogens is 2. The van der Waals surface area contributed by atoms with Crippen molar-refractivity contribution in [2.24, 2.45) is 11.1 Å². The Hall–Kier alpha value is -1.01. The Morgan fingerprint density at radius 1 is 1.32 bits per heavy atom. The first-order valence-electron chi connectivity index (χ1n) is 6.61. The number of hydrogen-bond acceptors (Lipinski definition) is 4. The van der Waals surface area contributed by atoms with Crippen LogP contribution in [-0.4, -0.2) is 22.4 Å². The molecule has 1 aromatic rings. The quantitative estimate of drug-likeness (QED) is 0.890. The van der Waals surface area contributed by atoms with Gasteiger partial charge in [0.2, 0.25) is 5.91 Å². The molecule has 5 nitrogen and oxygen atoms in total. The van der Waals surface area contributed by atoms with Crippen LogP contribution >= 0.6 is 15.9 Å². The highest BCUT2D eigenvalue weighted by Gasteiger charge is 2.32. The van der Waals surface area contributed by atoms with Crippen LogP contribution in [0.4, 0.5) is 5.82 Å². The second-order valence-electron chi connectivity index (χ2n) is 5.21. The zero-order valence-corrected chi connectivity index (χ0v) is 12.4. The van der Waals surface area contributed by atoms with Gasteiger partial charge in [0.15, 0.2) is 5.82 Å². The van der Waals surface area contributed by atoms with E-state index < -0.39 is 0 Å². The number of hydrogen-bond donors (Lipinski definition) is 2. The molecule has 0 aromatic carbocycles. The van der Waals surface area contributed by atoms with Crippen LogP contribution in [0.3, 0.4) is 0 Å². The molecule has 0 atom stereocenters. The van der Waals surface area contributed by atoms with Crippen molar-refractivity contribution >= 4 is 27.7 Å². The van der Waals surface area contributed by atoms with Gasteiger partial charge in [-0.2, -0.15) is 0 Å². The number of nitrogens with two attached hydrogens (primary N) is 1. The number of carbonyl (C=O) groups excluding carboxylic acids is 1. The van der Waals surface area contributed by atoms with Crippen molar-refractivity contribution in [2.75, 3.05) is 11.9 Å². The van der Waals surface area contributed by atoms with E-state index in [1.165, 1.54) is 25.5 Å². The Kier molecular flexibility index (Phi) is 4.87. The Morgan fingerprint density at radius 3 is 2.63 bits per heavy atom. The molecule has 1 amide bonds. The van der Waals surface area contributed by atoms with Crippen LogP contribution in [0.5, 0.6) is 0 Å². The molecular formula is C13H19BrN4O. The van der Waals surface area contributed by atoms with E-state index in [9.17, 15) is 4.79 Å². The number of amides is 1. The first-order valence-corrected chi connectivity index (χ1v) is 7.40. The number of nitrogens with zero attached hydrogens (tertiary/aromatic N) is 2. The van der Waals surface area contributed by atoms with E-state index in [1.54, 1.807) is 6.20 Å². The van der Waals surface area contributed by atoms with Crippen LogP contribution in [0.2, 0.25) is 0 Å². The molecule has 0 unspecified atom stereocenters. The fourth-order valence-corrected chi connectivity index (χ4v) is 2.86. The van der Waals surface area contributed by atoms with Crippen LogP contribution in [0.15, 0.2) is 17.0 Å². The molecule has 0 saturated heterocycles. The van der Waals surface area contributed by atoms with E-state index >= 15 is 0 Å². The van der Waals surface area contributed by atoms with Gasteiger partial charge in [-0.25, -0.2) is 9.97 Å². The smallest absolute Gasteiger partial charge is 0.226 e. The summed E-state index contributed by atoms with van der Waals surface area (Å²) in [5, 5.41) is 2.79. The summed E-state index contributed by atoms with van der Waals surface area (Å²) in [6, 6.07) is 0. The molecule has 1 fully saturated rings. The van der Waals surface area contributed by atoms with E-state index in [4.69, 9.17) is 5.73 Å². The molecule has 0 spiro atoms. The van der Waals surface area contributed by atoms with E-state index in [2.05, 4.69) is 31.2 Å². The second kappa shape index (κ2) is 6.43. The molecule has 1 aliphatic rings. The summed E-state index contributed by atoms with van der Waals surface area (Å²) >= 11 is 3.21. The minimum atomic E-state index is -0.0241. The Balaban J connectivity index is 1.94. The molecule has 0 radical (unpaired) electrons. The van der Waals surface area contributed by atoms with Crippen molar-refractivity contribution in [3.63, 3.8) is 0 Å². The molecule has 2 rings (SSSR count). The predicted molar refractivity (Wildman–Crippen MR) is 77.6 cm³/mol.